The monoisotopic (exact) mass is 272 g/mol. The fourth-order valence-corrected chi connectivity index (χ4v) is 3.97. The molecular weight excluding hydrogens is 244 g/mol. The summed E-state index contributed by atoms with van der Waals surface area (Å²) in [5, 5.41) is 3.89. The molecule has 1 aromatic carbocycles. The van der Waals surface area contributed by atoms with Gasteiger partial charge in [0, 0.05) is 24.3 Å². The van der Waals surface area contributed by atoms with Gasteiger partial charge in [0.15, 0.2) is 0 Å². The summed E-state index contributed by atoms with van der Waals surface area (Å²) in [6.45, 7) is 8.07. The fraction of sp³-hybridized carbons (Fsp3) is 0.667. The van der Waals surface area contributed by atoms with Gasteiger partial charge in [0.05, 0.1) is 0 Å². The van der Waals surface area contributed by atoms with Crippen LogP contribution in [0.3, 0.4) is 0 Å². The van der Waals surface area contributed by atoms with Crippen molar-refractivity contribution in [3.05, 3.63) is 29.3 Å². The van der Waals surface area contributed by atoms with Crippen LogP contribution in [-0.4, -0.2) is 25.2 Å². The number of hydrogen-bond donors (Lipinski definition) is 1. The van der Waals surface area contributed by atoms with Gasteiger partial charge >= 0.3 is 0 Å². The standard InChI is InChI=1S/C18H28N2/c1-15-8-6-9-17(16(15)2)20-13-7-12-19-18(14-20)10-4-3-5-11-18/h6,8-9,19H,3-5,7,10-14H2,1-2H3. The Kier molecular flexibility index (Phi) is 4.02. The van der Waals surface area contributed by atoms with Crippen molar-refractivity contribution < 1.29 is 0 Å². The smallest absolute Gasteiger partial charge is 0.0399 e. The van der Waals surface area contributed by atoms with Crippen molar-refractivity contribution in [1.82, 2.24) is 5.32 Å². The second-order valence-electron chi connectivity index (χ2n) is 6.76. The summed E-state index contributed by atoms with van der Waals surface area (Å²) in [6.07, 6.45) is 8.19. The molecule has 1 aromatic rings. The zero-order valence-electron chi connectivity index (χ0n) is 13.0. The third-order valence-corrected chi connectivity index (χ3v) is 5.33. The maximum absolute atomic E-state index is 3.89. The van der Waals surface area contributed by atoms with Crippen LogP contribution in [0.5, 0.6) is 0 Å². The molecule has 0 atom stereocenters. The van der Waals surface area contributed by atoms with E-state index in [-0.39, 0.29) is 0 Å². The van der Waals surface area contributed by atoms with E-state index in [1.54, 1.807) is 0 Å². The molecule has 0 radical (unpaired) electrons. The first-order valence-corrected chi connectivity index (χ1v) is 8.26. The minimum Gasteiger partial charge on any atom is -0.369 e. The van der Waals surface area contributed by atoms with Gasteiger partial charge in [-0.3, -0.25) is 0 Å². The van der Waals surface area contributed by atoms with Gasteiger partial charge in [-0.05, 0) is 56.8 Å². The normalized spacial score (nSPS) is 22.8. The molecule has 1 aliphatic carbocycles. The van der Waals surface area contributed by atoms with Crippen LogP contribution < -0.4 is 10.2 Å². The average molecular weight is 272 g/mol. The number of hydrogen-bond acceptors (Lipinski definition) is 2. The van der Waals surface area contributed by atoms with E-state index in [0.29, 0.717) is 5.54 Å². The molecule has 1 saturated heterocycles. The van der Waals surface area contributed by atoms with Crippen molar-refractivity contribution in [2.24, 2.45) is 0 Å². The first-order valence-electron chi connectivity index (χ1n) is 8.26. The van der Waals surface area contributed by atoms with Gasteiger partial charge in [0.25, 0.3) is 0 Å². The van der Waals surface area contributed by atoms with Gasteiger partial charge < -0.3 is 10.2 Å². The average Bonchev–Trinajstić information content (AvgIpc) is 2.66. The number of anilines is 1. The van der Waals surface area contributed by atoms with E-state index < -0.39 is 0 Å². The van der Waals surface area contributed by atoms with Gasteiger partial charge in [-0.25, -0.2) is 0 Å². The molecule has 0 aromatic heterocycles. The molecule has 110 valence electrons. The van der Waals surface area contributed by atoms with Crippen LogP contribution in [0.2, 0.25) is 0 Å². The minimum atomic E-state index is 0.380. The quantitative estimate of drug-likeness (QED) is 0.836. The van der Waals surface area contributed by atoms with Crippen LogP contribution in [0, 0.1) is 13.8 Å². The minimum absolute atomic E-state index is 0.380. The summed E-state index contributed by atoms with van der Waals surface area (Å²) >= 11 is 0. The van der Waals surface area contributed by atoms with E-state index in [1.807, 2.05) is 0 Å². The van der Waals surface area contributed by atoms with Crippen molar-refractivity contribution in [3.8, 4) is 0 Å². The van der Waals surface area contributed by atoms with Crippen LogP contribution in [0.25, 0.3) is 0 Å². The highest BCUT2D eigenvalue weighted by Crippen LogP contribution is 2.33. The Labute approximate surface area is 123 Å². The molecule has 0 amide bonds. The molecule has 1 spiro atoms. The lowest BCUT2D eigenvalue weighted by Gasteiger charge is -2.41. The lowest BCUT2D eigenvalue weighted by atomic mass is 9.81. The number of nitrogens with zero attached hydrogens (tertiary/aromatic N) is 1. The summed E-state index contributed by atoms with van der Waals surface area (Å²) in [6, 6.07) is 6.75. The SMILES string of the molecule is Cc1cccc(N2CCCNC3(CCCCC3)C2)c1C. The second kappa shape index (κ2) is 5.77. The van der Waals surface area contributed by atoms with Crippen molar-refractivity contribution >= 4 is 5.69 Å². The molecule has 1 saturated carbocycles. The molecule has 20 heavy (non-hydrogen) atoms. The predicted octanol–water partition coefficient (Wildman–Crippen LogP) is 3.81. The highest BCUT2D eigenvalue weighted by atomic mass is 15.2. The molecule has 2 aliphatic rings. The Morgan fingerprint density at radius 3 is 2.65 bits per heavy atom. The van der Waals surface area contributed by atoms with Crippen LogP contribution >= 0.6 is 0 Å². The molecule has 2 fully saturated rings. The molecule has 2 nitrogen and oxygen atoms in total. The maximum Gasteiger partial charge on any atom is 0.0399 e. The summed E-state index contributed by atoms with van der Waals surface area (Å²) in [4.78, 5) is 2.65. The van der Waals surface area contributed by atoms with E-state index >= 15 is 0 Å². The van der Waals surface area contributed by atoms with E-state index in [9.17, 15) is 0 Å². The summed E-state index contributed by atoms with van der Waals surface area (Å²) < 4.78 is 0. The Hall–Kier alpha value is -1.02. The van der Waals surface area contributed by atoms with Crippen molar-refractivity contribution in [2.45, 2.75) is 57.9 Å². The van der Waals surface area contributed by atoms with Crippen LogP contribution in [0.1, 0.15) is 49.7 Å². The van der Waals surface area contributed by atoms with Gasteiger partial charge in [-0.2, -0.15) is 0 Å². The first-order chi connectivity index (χ1) is 9.70. The summed E-state index contributed by atoms with van der Waals surface area (Å²) in [5.41, 5.74) is 4.71. The Bertz CT molecular complexity index is 460. The zero-order valence-corrected chi connectivity index (χ0v) is 13.0. The Morgan fingerprint density at radius 2 is 1.85 bits per heavy atom. The highest BCUT2D eigenvalue weighted by Gasteiger charge is 2.35. The first kappa shape index (κ1) is 13.9. The van der Waals surface area contributed by atoms with E-state index in [4.69, 9.17) is 0 Å². The number of nitrogens with one attached hydrogen (secondary N) is 1. The summed E-state index contributed by atoms with van der Waals surface area (Å²) in [7, 11) is 0. The second-order valence-corrected chi connectivity index (χ2v) is 6.76. The van der Waals surface area contributed by atoms with Gasteiger partial charge in [-0.15, -0.1) is 0 Å². The maximum atomic E-state index is 3.89. The summed E-state index contributed by atoms with van der Waals surface area (Å²) in [5.74, 6) is 0. The van der Waals surface area contributed by atoms with Gasteiger partial charge in [-0.1, -0.05) is 31.4 Å². The number of aryl methyl sites for hydroxylation is 1. The number of rotatable bonds is 1. The molecule has 3 rings (SSSR count). The van der Waals surface area contributed by atoms with Gasteiger partial charge in [0.2, 0.25) is 0 Å². The zero-order chi connectivity index (χ0) is 14.0. The lowest BCUT2D eigenvalue weighted by molar-refractivity contribution is 0.246. The van der Waals surface area contributed by atoms with Crippen LogP contribution in [-0.2, 0) is 0 Å². The molecule has 2 heteroatoms. The molecule has 0 bridgehead atoms. The highest BCUT2D eigenvalue weighted by molar-refractivity contribution is 5.56. The van der Waals surface area contributed by atoms with Gasteiger partial charge in [0.1, 0.15) is 0 Å². The fourth-order valence-electron chi connectivity index (χ4n) is 3.97. The van der Waals surface area contributed by atoms with Crippen molar-refractivity contribution in [1.29, 1.82) is 0 Å². The van der Waals surface area contributed by atoms with E-state index in [0.717, 1.165) is 0 Å². The topological polar surface area (TPSA) is 15.3 Å². The van der Waals surface area contributed by atoms with Crippen molar-refractivity contribution in [2.75, 3.05) is 24.5 Å². The Morgan fingerprint density at radius 1 is 1.05 bits per heavy atom. The molecule has 1 heterocycles. The molecular formula is C18H28N2. The molecule has 1 N–H and O–H groups in total. The van der Waals surface area contributed by atoms with E-state index in [1.165, 1.54) is 75.0 Å². The Balaban J connectivity index is 1.86. The van der Waals surface area contributed by atoms with Crippen LogP contribution in [0.15, 0.2) is 18.2 Å². The van der Waals surface area contributed by atoms with E-state index in [2.05, 4.69) is 42.3 Å². The third kappa shape index (κ3) is 2.71. The molecule has 1 aliphatic heterocycles. The largest absolute Gasteiger partial charge is 0.369 e. The van der Waals surface area contributed by atoms with Crippen LogP contribution in [0.4, 0.5) is 5.69 Å². The molecule has 0 unspecified atom stereocenters. The lowest BCUT2D eigenvalue weighted by Crippen LogP contribution is -2.52. The third-order valence-electron chi connectivity index (χ3n) is 5.33. The van der Waals surface area contributed by atoms with Crippen molar-refractivity contribution in [3.63, 3.8) is 0 Å². The number of benzene rings is 1. The predicted molar refractivity (Wildman–Crippen MR) is 86.6 cm³/mol.